The molecule has 5 heteroatoms. The minimum atomic E-state index is -0.208. The van der Waals surface area contributed by atoms with E-state index in [1.807, 2.05) is 6.07 Å². The topological polar surface area (TPSA) is 54.0 Å². The smallest absolute Gasteiger partial charge is 0.189 e. The SMILES string of the molecule is C=CCOc1ccc(C(=O)/C=C/c2ccc(OCC=C)c(OCC=C)c2)c(OCC=C)c1. The van der Waals surface area contributed by atoms with Gasteiger partial charge in [0, 0.05) is 6.07 Å². The highest BCUT2D eigenvalue weighted by Crippen LogP contribution is 2.30. The summed E-state index contributed by atoms with van der Waals surface area (Å²) in [5.41, 5.74) is 1.20. The van der Waals surface area contributed by atoms with Crippen molar-refractivity contribution in [2.75, 3.05) is 26.4 Å². The van der Waals surface area contributed by atoms with Crippen molar-refractivity contribution in [1.29, 1.82) is 0 Å². The number of ether oxygens (including phenoxy) is 4. The van der Waals surface area contributed by atoms with Crippen LogP contribution < -0.4 is 18.9 Å². The van der Waals surface area contributed by atoms with E-state index in [1.165, 1.54) is 6.08 Å². The van der Waals surface area contributed by atoms with Crippen LogP contribution >= 0.6 is 0 Å². The summed E-state index contributed by atoms with van der Waals surface area (Å²) in [5.74, 6) is 1.94. The van der Waals surface area contributed by atoms with Crippen LogP contribution in [0.5, 0.6) is 23.0 Å². The molecule has 2 aromatic carbocycles. The van der Waals surface area contributed by atoms with E-state index >= 15 is 0 Å². The Balaban J connectivity index is 2.25. The molecule has 0 radical (unpaired) electrons. The lowest BCUT2D eigenvalue weighted by Crippen LogP contribution is -2.03. The standard InChI is InChI=1S/C27H28O5/c1-5-15-29-22-11-12-23(26(20-22)31-17-7-3)24(28)13-9-21-10-14-25(30-16-6-2)27(19-21)32-18-8-4/h5-14,19-20H,1-4,15-18H2/b13-9+. The van der Waals surface area contributed by atoms with Crippen LogP contribution in [-0.4, -0.2) is 32.2 Å². The summed E-state index contributed by atoms with van der Waals surface area (Å²) in [6.45, 7) is 15.9. The van der Waals surface area contributed by atoms with Gasteiger partial charge in [0.15, 0.2) is 17.3 Å². The third-order valence-electron chi connectivity index (χ3n) is 4.05. The zero-order valence-corrected chi connectivity index (χ0v) is 18.1. The number of allylic oxidation sites excluding steroid dienone is 1. The summed E-state index contributed by atoms with van der Waals surface area (Å²) in [6, 6.07) is 10.5. The van der Waals surface area contributed by atoms with Crippen LogP contribution in [0.3, 0.4) is 0 Å². The molecule has 0 saturated heterocycles. The molecule has 0 bridgehead atoms. The molecule has 0 aliphatic heterocycles. The van der Waals surface area contributed by atoms with E-state index in [0.717, 1.165) is 5.56 Å². The van der Waals surface area contributed by atoms with Gasteiger partial charge < -0.3 is 18.9 Å². The number of hydrogen-bond donors (Lipinski definition) is 0. The first kappa shape index (κ1) is 24.3. The van der Waals surface area contributed by atoms with E-state index < -0.39 is 0 Å². The van der Waals surface area contributed by atoms with Gasteiger partial charge in [0.1, 0.15) is 37.9 Å². The van der Waals surface area contributed by atoms with Crippen molar-refractivity contribution >= 4 is 11.9 Å². The lowest BCUT2D eigenvalue weighted by molar-refractivity contribution is 0.104. The van der Waals surface area contributed by atoms with Gasteiger partial charge in [-0.25, -0.2) is 0 Å². The molecule has 2 rings (SSSR count). The normalized spacial score (nSPS) is 10.2. The molecule has 0 aliphatic carbocycles. The first-order valence-corrected chi connectivity index (χ1v) is 10.1. The number of hydrogen-bond acceptors (Lipinski definition) is 5. The fraction of sp³-hybridized carbons (Fsp3) is 0.148. The van der Waals surface area contributed by atoms with E-state index in [0.29, 0.717) is 48.4 Å². The molecule has 0 amide bonds. The molecule has 2 aromatic rings. The monoisotopic (exact) mass is 432 g/mol. The van der Waals surface area contributed by atoms with Crippen LogP contribution in [0.25, 0.3) is 6.08 Å². The molecule has 0 saturated carbocycles. The van der Waals surface area contributed by atoms with Crippen LogP contribution in [0.1, 0.15) is 15.9 Å². The van der Waals surface area contributed by atoms with Gasteiger partial charge in [0.05, 0.1) is 5.56 Å². The molecule has 0 atom stereocenters. The van der Waals surface area contributed by atoms with E-state index in [4.69, 9.17) is 18.9 Å². The Labute approximate surface area is 189 Å². The van der Waals surface area contributed by atoms with Crippen LogP contribution in [0, 0.1) is 0 Å². The molecular weight excluding hydrogens is 404 g/mol. The predicted molar refractivity (Wildman–Crippen MR) is 129 cm³/mol. The van der Waals surface area contributed by atoms with Gasteiger partial charge in [-0.1, -0.05) is 62.8 Å². The molecular formula is C27H28O5. The Morgan fingerprint density at radius 2 is 1.28 bits per heavy atom. The highest BCUT2D eigenvalue weighted by atomic mass is 16.5. The van der Waals surface area contributed by atoms with Gasteiger partial charge in [-0.2, -0.15) is 0 Å². The lowest BCUT2D eigenvalue weighted by atomic mass is 10.1. The second kappa shape index (κ2) is 13.3. The Kier molecular flexibility index (Phi) is 10.1. The van der Waals surface area contributed by atoms with Gasteiger partial charge in [-0.05, 0) is 35.9 Å². The molecule has 0 unspecified atom stereocenters. The Morgan fingerprint density at radius 3 is 1.94 bits per heavy atom. The van der Waals surface area contributed by atoms with E-state index in [2.05, 4.69) is 26.3 Å². The van der Waals surface area contributed by atoms with Crippen LogP contribution in [-0.2, 0) is 0 Å². The zero-order chi connectivity index (χ0) is 23.2. The number of rotatable bonds is 15. The molecule has 5 nitrogen and oxygen atoms in total. The van der Waals surface area contributed by atoms with Crippen molar-refractivity contribution in [3.8, 4) is 23.0 Å². The number of carbonyl (C=O) groups excluding carboxylic acids is 1. The van der Waals surface area contributed by atoms with E-state index in [9.17, 15) is 4.79 Å². The second-order valence-corrected chi connectivity index (χ2v) is 6.46. The highest BCUT2D eigenvalue weighted by molar-refractivity contribution is 6.08. The van der Waals surface area contributed by atoms with Gasteiger partial charge in [0.25, 0.3) is 0 Å². The van der Waals surface area contributed by atoms with E-state index in [1.54, 1.807) is 60.7 Å². The summed E-state index contributed by atoms with van der Waals surface area (Å²) >= 11 is 0. The minimum absolute atomic E-state index is 0.208. The molecule has 0 aromatic heterocycles. The van der Waals surface area contributed by atoms with Crippen molar-refractivity contribution in [2.45, 2.75) is 0 Å². The average molecular weight is 433 g/mol. The van der Waals surface area contributed by atoms with Crippen LogP contribution in [0.2, 0.25) is 0 Å². The van der Waals surface area contributed by atoms with Gasteiger partial charge in [-0.3, -0.25) is 4.79 Å². The van der Waals surface area contributed by atoms with E-state index in [-0.39, 0.29) is 12.4 Å². The second-order valence-electron chi connectivity index (χ2n) is 6.46. The summed E-state index contributed by atoms with van der Waals surface area (Å²) < 4.78 is 22.5. The first-order chi connectivity index (χ1) is 15.6. The zero-order valence-electron chi connectivity index (χ0n) is 18.1. The summed E-state index contributed by atoms with van der Waals surface area (Å²) in [7, 11) is 0. The summed E-state index contributed by atoms with van der Waals surface area (Å²) in [4.78, 5) is 12.9. The molecule has 0 aliphatic rings. The molecule has 0 fully saturated rings. The van der Waals surface area contributed by atoms with Gasteiger partial charge >= 0.3 is 0 Å². The average Bonchev–Trinajstić information content (AvgIpc) is 2.82. The minimum Gasteiger partial charge on any atom is -0.489 e. The largest absolute Gasteiger partial charge is 0.489 e. The van der Waals surface area contributed by atoms with Crippen molar-refractivity contribution in [1.82, 2.24) is 0 Å². The Morgan fingerprint density at radius 1 is 0.688 bits per heavy atom. The van der Waals surface area contributed by atoms with Crippen molar-refractivity contribution in [2.24, 2.45) is 0 Å². The third-order valence-corrected chi connectivity index (χ3v) is 4.05. The van der Waals surface area contributed by atoms with Crippen LogP contribution in [0.4, 0.5) is 0 Å². The summed E-state index contributed by atoms with van der Waals surface area (Å²) in [6.07, 6.45) is 9.76. The number of carbonyl (C=O) groups is 1. The summed E-state index contributed by atoms with van der Waals surface area (Å²) in [5, 5.41) is 0. The van der Waals surface area contributed by atoms with Crippen molar-refractivity contribution in [3.05, 3.63) is 104 Å². The maximum Gasteiger partial charge on any atom is 0.189 e. The molecule has 0 N–H and O–H groups in total. The fourth-order valence-corrected chi connectivity index (χ4v) is 2.64. The highest BCUT2D eigenvalue weighted by Gasteiger charge is 2.12. The maximum absolute atomic E-state index is 12.9. The fourth-order valence-electron chi connectivity index (χ4n) is 2.64. The van der Waals surface area contributed by atoms with Crippen molar-refractivity contribution in [3.63, 3.8) is 0 Å². The first-order valence-electron chi connectivity index (χ1n) is 10.1. The molecule has 32 heavy (non-hydrogen) atoms. The lowest BCUT2D eigenvalue weighted by Gasteiger charge is -2.12. The molecule has 0 spiro atoms. The third kappa shape index (κ3) is 7.36. The number of ketones is 1. The predicted octanol–water partition coefficient (Wildman–Crippen LogP) is 5.84. The van der Waals surface area contributed by atoms with Gasteiger partial charge in [0.2, 0.25) is 0 Å². The Bertz CT molecular complexity index is 988. The Hall–Kier alpha value is -3.99. The quantitative estimate of drug-likeness (QED) is 0.201. The molecule has 0 heterocycles. The molecule has 166 valence electrons. The van der Waals surface area contributed by atoms with Crippen molar-refractivity contribution < 1.29 is 23.7 Å². The van der Waals surface area contributed by atoms with Gasteiger partial charge in [-0.15, -0.1) is 0 Å². The number of benzene rings is 2. The maximum atomic E-state index is 12.9. The van der Waals surface area contributed by atoms with Crippen LogP contribution in [0.15, 0.2) is 93.1 Å².